The monoisotopic (exact) mass is 442 g/mol. The van der Waals surface area contributed by atoms with Crippen LogP contribution < -0.4 is 0 Å². The number of thiophene rings is 1. The van der Waals surface area contributed by atoms with E-state index >= 15 is 0 Å². The minimum atomic E-state index is -0.434. The molecular weight excluding hydrogens is 420 g/mol. The summed E-state index contributed by atoms with van der Waals surface area (Å²) in [4.78, 5) is 32.9. The van der Waals surface area contributed by atoms with Crippen molar-refractivity contribution >= 4 is 39.7 Å². The van der Waals surface area contributed by atoms with Crippen molar-refractivity contribution in [3.8, 4) is 10.4 Å². The third-order valence-electron chi connectivity index (χ3n) is 5.60. The van der Waals surface area contributed by atoms with E-state index in [2.05, 4.69) is 4.98 Å². The molecule has 6 heteroatoms. The van der Waals surface area contributed by atoms with E-state index in [1.54, 1.807) is 18.0 Å². The fraction of sp³-hybridized carbons (Fsp3) is 0.154. The molecule has 0 atom stereocenters. The van der Waals surface area contributed by atoms with E-state index in [0.29, 0.717) is 23.4 Å². The molecule has 0 bridgehead atoms. The molecule has 4 aromatic rings. The number of nitrogens with one attached hydrogen (secondary N) is 1. The van der Waals surface area contributed by atoms with Gasteiger partial charge in [-0.15, -0.1) is 11.3 Å². The van der Waals surface area contributed by atoms with Crippen molar-refractivity contribution in [3.63, 3.8) is 0 Å². The fourth-order valence-electron chi connectivity index (χ4n) is 4.08. The zero-order valence-electron chi connectivity index (χ0n) is 17.6. The van der Waals surface area contributed by atoms with Crippen molar-refractivity contribution in [1.82, 2.24) is 9.88 Å². The number of carbonyl (C=O) groups is 2. The summed E-state index contributed by atoms with van der Waals surface area (Å²) in [6.07, 6.45) is 2.28. The SMILES string of the molecule is CCOC(=O)C1=CN(C(=O)c2ccc(-c3ccccc3)s2)CCc2c1[nH]c1ccccc21. The smallest absolute Gasteiger partial charge is 0.341 e. The molecule has 2 aromatic heterocycles. The molecule has 32 heavy (non-hydrogen) atoms. The Hall–Kier alpha value is -3.64. The Labute approximate surface area is 189 Å². The molecule has 0 unspecified atom stereocenters. The number of nitrogens with zero attached hydrogens (tertiary/aromatic N) is 1. The molecular formula is C26H22N2O3S. The first-order valence-electron chi connectivity index (χ1n) is 10.6. The summed E-state index contributed by atoms with van der Waals surface area (Å²) in [6.45, 7) is 2.53. The van der Waals surface area contributed by atoms with Gasteiger partial charge in [0.15, 0.2) is 0 Å². The van der Waals surface area contributed by atoms with Gasteiger partial charge in [-0.2, -0.15) is 0 Å². The second kappa shape index (κ2) is 8.48. The molecule has 0 fully saturated rings. The molecule has 1 aliphatic heterocycles. The van der Waals surface area contributed by atoms with E-state index in [1.807, 2.05) is 66.7 Å². The average molecular weight is 443 g/mol. The highest BCUT2D eigenvalue weighted by Gasteiger charge is 2.28. The van der Waals surface area contributed by atoms with Gasteiger partial charge in [-0.3, -0.25) is 4.79 Å². The molecule has 5 rings (SSSR count). The number of benzene rings is 2. The molecule has 1 aliphatic rings. The summed E-state index contributed by atoms with van der Waals surface area (Å²) in [6, 6.07) is 21.8. The standard InChI is InChI=1S/C26H22N2O3S/c1-2-31-26(30)20-16-28(15-14-19-18-10-6-7-11-21(18)27-24(19)20)25(29)23-13-12-22(32-23)17-8-4-3-5-9-17/h3-13,16,27H,2,14-15H2,1H3. The summed E-state index contributed by atoms with van der Waals surface area (Å²) in [5.74, 6) is -0.551. The number of rotatable bonds is 4. The number of ether oxygens (including phenoxy) is 1. The molecule has 0 saturated carbocycles. The second-order valence-corrected chi connectivity index (χ2v) is 8.65. The van der Waals surface area contributed by atoms with E-state index in [4.69, 9.17) is 4.74 Å². The molecule has 0 spiro atoms. The lowest BCUT2D eigenvalue weighted by molar-refractivity contribution is -0.136. The van der Waals surface area contributed by atoms with Crippen LogP contribution in [0.1, 0.15) is 27.9 Å². The largest absolute Gasteiger partial charge is 0.462 e. The van der Waals surface area contributed by atoms with E-state index < -0.39 is 5.97 Å². The Kier molecular flexibility index (Phi) is 5.37. The lowest BCUT2D eigenvalue weighted by atomic mass is 10.0. The van der Waals surface area contributed by atoms with Crippen molar-refractivity contribution in [2.45, 2.75) is 13.3 Å². The Bertz CT molecular complexity index is 1330. The quantitative estimate of drug-likeness (QED) is 0.425. The minimum absolute atomic E-state index is 0.117. The predicted octanol–water partition coefficient (Wildman–Crippen LogP) is 5.50. The van der Waals surface area contributed by atoms with E-state index in [9.17, 15) is 9.59 Å². The van der Waals surface area contributed by atoms with Crippen LogP contribution in [-0.4, -0.2) is 34.9 Å². The van der Waals surface area contributed by atoms with Gasteiger partial charge in [0.1, 0.15) is 0 Å². The molecule has 0 radical (unpaired) electrons. The number of carbonyl (C=O) groups excluding carboxylic acids is 2. The van der Waals surface area contributed by atoms with Crippen molar-refractivity contribution in [2.75, 3.05) is 13.2 Å². The van der Waals surface area contributed by atoms with E-state index in [1.165, 1.54) is 11.3 Å². The van der Waals surface area contributed by atoms with E-state index in [-0.39, 0.29) is 12.5 Å². The topological polar surface area (TPSA) is 62.4 Å². The van der Waals surface area contributed by atoms with Gasteiger partial charge in [-0.25, -0.2) is 4.79 Å². The lowest BCUT2D eigenvalue weighted by Crippen LogP contribution is -2.27. The van der Waals surface area contributed by atoms with Crippen LogP contribution in [0.2, 0.25) is 0 Å². The molecule has 3 heterocycles. The summed E-state index contributed by atoms with van der Waals surface area (Å²) in [7, 11) is 0. The van der Waals surface area contributed by atoms with Gasteiger partial charge in [-0.05, 0) is 42.7 Å². The number of H-pyrrole nitrogens is 1. The molecule has 2 aromatic carbocycles. The van der Waals surface area contributed by atoms with Gasteiger partial charge in [0.2, 0.25) is 0 Å². The van der Waals surface area contributed by atoms with Gasteiger partial charge in [-0.1, -0.05) is 48.5 Å². The van der Waals surface area contributed by atoms with Gasteiger partial charge in [0.05, 0.1) is 22.8 Å². The number of hydrogen-bond acceptors (Lipinski definition) is 4. The molecule has 1 N–H and O–H groups in total. The molecule has 1 amide bonds. The number of hydrogen-bond donors (Lipinski definition) is 1. The normalized spacial score (nSPS) is 13.4. The van der Waals surface area contributed by atoms with Crippen molar-refractivity contribution in [2.24, 2.45) is 0 Å². The maximum atomic E-state index is 13.4. The Morgan fingerprint density at radius 2 is 1.81 bits per heavy atom. The van der Waals surface area contributed by atoms with Crippen molar-refractivity contribution < 1.29 is 14.3 Å². The van der Waals surface area contributed by atoms with Crippen LogP contribution in [0, 0.1) is 0 Å². The van der Waals surface area contributed by atoms with Gasteiger partial charge in [0.25, 0.3) is 5.91 Å². The number of aromatic amines is 1. The number of para-hydroxylation sites is 1. The number of aromatic nitrogens is 1. The summed E-state index contributed by atoms with van der Waals surface area (Å²) in [5, 5.41) is 1.06. The number of esters is 1. The first-order chi connectivity index (χ1) is 15.7. The van der Waals surface area contributed by atoms with Crippen molar-refractivity contribution in [1.29, 1.82) is 0 Å². The van der Waals surface area contributed by atoms with Gasteiger partial charge in [0, 0.05) is 28.5 Å². The summed E-state index contributed by atoms with van der Waals surface area (Å²) >= 11 is 1.46. The van der Waals surface area contributed by atoms with Crippen LogP contribution in [0.5, 0.6) is 0 Å². The number of amides is 1. The van der Waals surface area contributed by atoms with Crippen LogP contribution in [0.25, 0.3) is 26.9 Å². The average Bonchev–Trinajstić information content (AvgIpc) is 3.40. The van der Waals surface area contributed by atoms with Crippen LogP contribution >= 0.6 is 11.3 Å². The highest BCUT2D eigenvalue weighted by molar-refractivity contribution is 7.17. The van der Waals surface area contributed by atoms with Gasteiger partial charge < -0.3 is 14.6 Å². The Morgan fingerprint density at radius 1 is 1.03 bits per heavy atom. The predicted molar refractivity (Wildman–Crippen MR) is 127 cm³/mol. The second-order valence-electron chi connectivity index (χ2n) is 7.57. The van der Waals surface area contributed by atoms with Crippen LogP contribution in [0.15, 0.2) is 72.9 Å². The molecule has 0 saturated heterocycles. The zero-order chi connectivity index (χ0) is 22.1. The third-order valence-corrected chi connectivity index (χ3v) is 6.72. The highest BCUT2D eigenvalue weighted by atomic mass is 32.1. The summed E-state index contributed by atoms with van der Waals surface area (Å²) < 4.78 is 5.32. The maximum Gasteiger partial charge on any atom is 0.341 e. The lowest BCUT2D eigenvalue weighted by Gasteiger charge is -2.16. The van der Waals surface area contributed by atoms with Crippen LogP contribution in [0.3, 0.4) is 0 Å². The Balaban J connectivity index is 1.52. The maximum absolute atomic E-state index is 13.4. The van der Waals surface area contributed by atoms with Crippen molar-refractivity contribution in [3.05, 3.63) is 89.1 Å². The number of fused-ring (bicyclic) bond motifs is 3. The minimum Gasteiger partial charge on any atom is -0.462 e. The van der Waals surface area contributed by atoms with Crippen LogP contribution in [0.4, 0.5) is 0 Å². The molecule has 0 aliphatic carbocycles. The summed E-state index contributed by atoms with van der Waals surface area (Å²) in [5.41, 5.74) is 4.20. The highest BCUT2D eigenvalue weighted by Crippen LogP contribution is 2.33. The van der Waals surface area contributed by atoms with Gasteiger partial charge >= 0.3 is 5.97 Å². The van der Waals surface area contributed by atoms with E-state index in [0.717, 1.165) is 32.6 Å². The van der Waals surface area contributed by atoms with Crippen LogP contribution in [-0.2, 0) is 16.0 Å². The third kappa shape index (κ3) is 3.63. The first kappa shape index (κ1) is 20.3. The fourth-order valence-corrected chi connectivity index (χ4v) is 5.05. The molecule has 5 nitrogen and oxygen atoms in total. The zero-order valence-corrected chi connectivity index (χ0v) is 18.4. The molecule has 160 valence electrons. The first-order valence-corrected chi connectivity index (χ1v) is 11.4. The Morgan fingerprint density at radius 3 is 2.62 bits per heavy atom.